The van der Waals surface area contributed by atoms with Gasteiger partial charge in [-0.1, -0.05) is 18.2 Å². The van der Waals surface area contributed by atoms with Crippen molar-refractivity contribution >= 4 is 34.6 Å². The van der Waals surface area contributed by atoms with Crippen molar-refractivity contribution in [3.63, 3.8) is 0 Å². The van der Waals surface area contributed by atoms with Gasteiger partial charge in [0, 0.05) is 30.1 Å². The van der Waals surface area contributed by atoms with Gasteiger partial charge in [0.15, 0.2) is 0 Å². The summed E-state index contributed by atoms with van der Waals surface area (Å²) in [5.41, 5.74) is 7.17. The number of benzene rings is 1. The highest BCUT2D eigenvalue weighted by Crippen LogP contribution is 2.23. The van der Waals surface area contributed by atoms with E-state index >= 15 is 0 Å². The van der Waals surface area contributed by atoms with E-state index < -0.39 is 54.0 Å². The van der Waals surface area contributed by atoms with Crippen molar-refractivity contribution in [3.05, 3.63) is 36.0 Å². The van der Waals surface area contributed by atoms with Crippen LogP contribution in [0.15, 0.2) is 30.5 Å². The number of carboxylic acid groups (broad SMARTS) is 1. The number of hydrogen-bond acceptors (Lipinski definition) is 6. The number of aliphatic hydroxyl groups excluding tert-OH is 1. The molecule has 0 radical (unpaired) electrons. The van der Waals surface area contributed by atoms with E-state index in [4.69, 9.17) is 5.73 Å². The van der Waals surface area contributed by atoms with Crippen molar-refractivity contribution in [2.45, 2.75) is 63.4 Å². The van der Waals surface area contributed by atoms with Crippen molar-refractivity contribution in [3.8, 4) is 0 Å². The number of likely N-dealkylation sites (tertiary alicyclic amines) is 1. The number of aromatic nitrogens is 1. The normalized spacial score (nSPS) is 19.3. The van der Waals surface area contributed by atoms with E-state index in [9.17, 15) is 29.4 Å². The van der Waals surface area contributed by atoms with Crippen LogP contribution < -0.4 is 16.4 Å². The number of para-hydroxylation sites is 1. The summed E-state index contributed by atoms with van der Waals surface area (Å²) in [5.74, 6) is -3.04. The van der Waals surface area contributed by atoms with Crippen LogP contribution in [0.5, 0.6) is 0 Å². The lowest BCUT2D eigenvalue weighted by atomic mass is 10.0. The predicted molar refractivity (Wildman–Crippen MR) is 124 cm³/mol. The molecule has 2 heterocycles. The zero-order chi connectivity index (χ0) is 25.0. The van der Waals surface area contributed by atoms with Crippen LogP contribution in [0.1, 0.15) is 32.3 Å². The number of nitrogens with one attached hydrogen (secondary N) is 3. The number of aromatic amines is 1. The number of rotatable bonds is 9. The van der Waals surface area contributed by atoms with Crippen molar-refractivity contribution in [2.75, 3.05) is 6.54 Å². The highest BCUT2D eigenvalue weighted by Gasteiger charge is 2.39. The fourth-order valence-electron chi connectivity index (χ4n) is 4.16. The molecule has 3 rings (SSSR count). The number of aliphatic hydroxyl groups is 1. The van der Waals surface area contributed by atoms with E-state index in [1.807, 2.05) is 24.3 Å². The maximum atomic E-state index is 13.4. The summed E-state index contributed by atoms with van der Waals surface area (Å²) in [6.45, 7) is 3.04. The lowest BCUT2D eigenvalue weighted by Gasteiger charge is -2.29. The van der Waals surface area contributed by atoms with Crippen molar-refractivity contribution in [1.29, 1.82) is 0 Å². The van der Waals surface area contributed by atoms with Gasteiger partial charge in [-0.05, 0) is 38.3 Å². The van der Waals surface area contributed by atoms with Crippen molar-refractivity contribution < 1.29 is 29.4 Å². The number of aliphatic carboxylic acids is 1. The van der Waals surface area contributed by atoms with E-state index in [1.165, 1.54) is 18.7 Å². The molecule has 0 aliphatic carbocycles. The highest BCUT2D eigenvalue weighted by atomic mass is 16.4. The van der Waals surface area contributed by atoms with Gasteiger partial charge < -0.3 is 36.5 Å². The molecule has 34 heavy (non-hydrogen) atoms. The van der Waals surface area contributed by atoms with Gasteiger partial charge in [0.05, 0.1) is 12.1 Å². The number of fused-ring (bicyclic) bond motifs is 1. The summed E-state index contributed by atoms with van der Waals surface area (Å²) in [5, 5.41) is 25.5. The van der Waals surface area contributed by atoms with Gasteiger partial charge in [0.1, 0.15) is 18.1 Å². The molecule has 1 aromatic heterocycles. The van der Waals surface area contributed by atoms with Crippen LogP contribution >= 0.6 is 0 Å². The molecule has 7 N–H and O–H groups in total. The number of carboxylic acids is 1. The average molecular weight is 474 g/mol. The second-order valence-electron chi connectivity index (χ2n) is 8.67. The van der Waals surface area contributed by atoms with Crippen LogP contribution in [0.25, 0.3) is 10.9 Å². The Bertz CT molecular complexity index is 1070. The number of carbonyl (C=O) groups excluding carboxylic acids is 3. The van der Waals surface area contributed by atoms with Crippen LogP contribution in [-0.4, -0.2) is 80.6 Å². The Morgan fingerprint density at radius 3 is 2.53 bits per heavy atom. The third-order valence-electron chi connectivity index (χ3n) is 6.01. The molecule has 11 nitrogen and oxygen atoms in total. The van der Waals surface area contributed by atoms with Gasteiger partial charge in [0.2, 0.25) is 17.7 Å². The molecule has 1 aromatic carbocycles. The molecular formula is C23H31N5O6. The number of H-pyrrole nitrogens is 1. The molecule has 184 valence electrons. The molecule has 0 saturated carbocycles. The summed E-state index contributed by atoms with van der Waals surface area (Å²) in [6, 6.07) is 3.14. The van der Waals surface area contributed by atoms with Gasteiger partial charge >= 0.3 is 5.97 Å². The monoisotopic (exact) mass is 473 g/mol. The Morgan fingerprint density at radius 2 is 1.88 bits per heavy atom. The molecule has 1 fully saturated rings. The Balaban J connectivity index is 1.89. The SMILES string of the molecule is CC(N)C(=O)NC(C(=O)NC(Cc1c[nH]c2ccccc12)C(=O)N1CCCC1C(=O)O)C(C)O. The molecule has 2 aromatic rings. The minimum absolute atomic E-state index is 0.0885. The summed E-state index contributed by atoms with van der Waals surface area (Å²) in [4.78, 5) is 54.6. The maximum absolute atomic E-state index is 13.4. The third kappa shape index (κ3) is 5.54. The van der Waals surface area contributed by atoms with Crippen LogP contribution in [-0.2, 0) is 25.6 Å². The molecule has 3 amide bonds. The lowest BCUT2D eigenvalue weighted by Crippen LogP contribution is -2.60. The van der Waals surface area contributed by atoms with Crippen molar-refractivity contribution in [2.24, 2.45) is 5.73 Å². The Labute approximate surface area is 196 Å². The van der Waals surface area contributed by atoms with Crippen molar-refractivity contribution in [1.82, 2.24) is 20.5 Å². The third-order valence-corrected chi connectivity index (χ3v) is 6.01. The molecule has 1 aliphatic rings. The topological polar surface area (TPSA) is 178 Å². The van der Waals surface area contributed by atoms with E-state index in [0.717, 1.165) is 16.5 Å². The van der Waals surface area contributed by atoms with Crippen LogP contribution in [0.4, 0.5) is 0 Å². The first kappa shape index (κ1) is 25.2. The van der Waals surface area contributed by atoms with E-state index in [-0.39, 0.29) is 13.0 Å². The van der Waals surface area contributed by atoms with Crippen LogP contribution in [0, 0.1) is 0 Å². The molecule has 5 unspecified atom stereocenters. The number of nitrogens with zero attached hydrogens (tertiary/aromatic N) is 1. The minimum Gasteiger partial charge on any atom is -0.480 e. The molecule has 0 bridgehead atoms. The standard InChI is InChI=1S/C23H31N5O6/c1-12(24)20(30)27-19(13(2)29)21(31)26-17(22(32)28-9-5-8-18(28)23(33)34)10-14-11-25-16-7-4-3-6-15(14)16/h3-4,6-7,11-13,17-19,25,29H,5,8-10,24H2,1-2H3,(H,26,31)(H,27,30)(H,33,34). The average Bonchev–Trinajstić information content (AvgIpc) is 3.43. The summed E-state index contributed by atoms with van der Waals surface area (Å²) in [6.07, 6.45) is 1.43. The Morgan fingerprint density at radius 1 is 1.18 bits per heavy atom. The number of amides is 3. The lowest BCUT2D eigenvalue weighted by molar-refractivity contribution is -0.149. The quantitative estimate of drug-likeness (QED) is 0.284. The summed E-state index contributed by atoms with van der Waals surface area (Å²) < 4.78 is 0. The Kier molecular flexibility index (Phi) is 7.90. The van der Waals surface area contributed by atoms with Gasteiger partial charge in [-0.15, -0.1) is 0 Å². The summed E-state index contributed by atoms with van der Waals surface area (Å²) >= 11 is 0. The predicted octanol–water partition coefficient (Wildman–Crippen LogP) is -0.516. The highest BCUT2D eigenvalue weighted by molar-refractivity contribution is 5.95. The fraction of sp³-hybridized carbons (Fsp3) is 0.478. The summed E-state index contributed by atoms with van der Waals surface area (Å²) in [7, 11) is 0. The van der Waals surface area contributed by atoms with E-state index in [0.29, 0.717) is 12.8 Å². The van der Waals surface area contributed by atoms with Gasteiger partial charge in [-0.2, -0.15) is 0 Å². The molecule has 11 heteroatoms. The van der Waals surface area contributed by atoms with Gasteiger partial charge in [0.25, 0.3) is 0 Å². The smallest absolute Gasteiger partial charge is 0.326 e. The first-order valence-electron chi connectivity index (χ1n) is 11.2. The fourth-order valence-corrected chi connectivity index (χ4v) is 4.16. The van der Waals surface area contributed by atoms with Crippen LogP contribution in [0.2, 0.25) is 0 Å². The van der Waals surface area contributed by atoms with Gasteiger partial charge in [-0.25, -0.2) is 4.79 Å². The minimum atomic E-state index is -1.34. The second-order valence-corrected chi connectivity index (χ2v) is 8.67. The molecule has 5 atom stereocenters. The number of nitrogens with two attached hydrogens (primary N) is 1. The zero-order valence-corrected chi connectivity index (χ0v) is 19.2. The molecular weight excluding hydrogens is 442 g/mol. The van der Waals surface area contributed by atoms with Crippen LogP contribution in [0.3, 0.4) is 0 Å². The number of hydrogen-bond donors (Lipinski definition) is 6. The van der Waals surface area contributed by atoms with E-state index in [1.54, 1.807) is 6.20 Å². The second kappa shape index (κ2) is 10.7. The largest absolute Gasteiger partial charge is 0.480 e. The Hall–Kier alpha value is -3.44. The van der Waals surface area contributed by atoms with Gasteiger partial charge in [-0.3, -0.25) is 14.4 Å². The molecule has 0 spiro atoms. The molecule has 1 aliphatic heterocycles. The maximum Gasteiger partial charge on any atom is 0.326 e. The molecule has 1 saturated heterocycles. The zero-order valence-electron chi connectivity index (χ0n) is 19.2. The first-order valence-corrected chi connectivity index (χ1v) is 11.2. The van der Waals surface area contributed by atoms with E-state index in [2.05, 4.69) is 15.6 Å². The number of carbonyl (C=O) groups is 4. The first-order chi connectivity index (χ1) is 16.1.